The number of rotatable bonds is 3. The number of esters is 1. The lowest BCUT2D eigenvalue weighted by atomic mass is 9.87. The van der Waals surface area contributed by atoms with Crippen molar-refractivity contribution in [2.75, 3.05) is 7.11 Å². The summed E-state index contributed by atoms with van der Waals surface area (Å²) in [5, 5.41) is 1.39. The van der Waals surface area contributed by atoms with E-state index in [1.54, 1.807) is 6.92 Å². The molecule has 0 bridgehead atoms. The molecule has 0 unspecified atom stereocenters. The third-order valence-corrected chi connectivity index (χ3v) is 4.33. The van der Waals surface area contributed by atoms with Gasteiger partial charge in [-0.2, -0.15) is 0 Å². The summed E-state index contributed by atoms with van der Waals surface area (Å²) in [4.78, 5) is 24.0. The van der Waals surface area contributed by atoms with Gasteiger partial charge in [-0.05, 0) is 26.7 Å². The third-order valence-electron chi connectivity index (χ3n) is 4.33. The molecule has 26 heavy (non-hydrogen) atoms. The Kier molecular flexibility index (Phi) is 4.80. The van der Waals surface area contributed by atoms with Crippen LogP contribution in [0.15, 0.2) is 48.1 Å². The maximum Gasteiger partial charge on any atom is 0.513 e. The van der Waals surface area contributed by atoms with E-state index in [0.717, 1.165) is 16.7 Å². The van der Waals surface area contributed by atoms with Crippen LogP contribution in [0.2, 0.25) is 0 Å². The predicted octanol–water partition coefficient (Wildman–Crippen LogP) is 4.51. The van der Waals surface area contributed by atoms with Gasteiger partial charge in [0, 0.05) is 27.5 Å². The molecule has 134 valence electrons. The number of hydrogen-bond donors (Lipinski definition) is 0. The fourth-order valence-corrected chi connectivity index (χ4v) is 3.05. The van der Waals surface area contributed by atoms with Gasteiger partial charge in [0.05, 0.1) is 7.11 Å². The fraction of sp³-hybridized carbons (Fsp3) is 0.238. The Balaban J connectivity index is 2.29. The summed E-state index contributed by atoms with van der Waals surface area (Å²) in [7, 11) is 1.27. The van der Waals surface area contributed by atoms with Crippen LogP contribution in [0.3, 0.4) is 0 Å². The molecule has 0 spiro atoms. The highest BCUT2D eigenvalue weighted by atomic mass is 16.7. The Bertz CT molecular complexity index is 953. The van der Waals surface area contributed by atoms with E-state index in [1.807, 2.05) is 31.2 Å². The van der Waals surface area contributed by atoms with E-state index in [4.69, 9.17) is 9.47 Å². The van der Waals surface area contributed by atoms with Crippen LogP contribution in [0, 0.1) is 0 Å². The van der Waals surface area contributed by atoms with E-state index in [2.05, 4.69) is 17.4 Å². The van der Waals surface area contributed by atoms with Crippen LogP contribution < -0.4 is 9.47 Å². The molecular weight excluding hydrogens is 332 g/mol. The van der Waals surface area contributed by atoms with Gasteiger partial charge in [-0.3, -0.25) is 0 Å². The Labute approximate surface area is 151 Å². The van der Waals surface area contributed by atoms with Crippen LogP contribution >= 0.6 is 0 Å². The number of methoxy groups -OCH3 is 1. The van der Waals surface area contributed by atoms with Gasteiger partial charge >= 0.3 is 12.1 Å². The van der Waals surface area contributed by atoms with E-state index in [9.17, 15) is 9.59 Å². The van der Waals surface area contributed by atoms with Crippen molar-refractivity contribution in [3.8, 4) is 11.5 Å². The highest BCUT2D eigenvalue weighted by Crippen LogP contribution is 2.44. The van der Waals surface area contributed by atoms with Crippen LogP contribution in [0.1, 0.15) is 25.0 Å². The molecule has 1 aliphatic carbocycles. The molecule has 0 aliphatic heterocycles. The molecule has 3 rings (SSSR count). The van der Waals surface area contributed by atoms with Crippen LogP contribution in [0.25, 0.3) is 10.8 Å². The average molecular weight is 352 g/mol. The SMILES string of the molecule is C=C(C)C(=O)Oc1c2c(c(OC(=O)OC)c3ccccc13)CC=C(C)C2. The summed E-state index contributed by atoms with van der Waals surface area (Å²) in [5.74, 6) is 0.459. The van der Waals surface area contributed by atoms with Gasteiger partial charge < -0.3 is 14.2 Å². The van der Waals surface area contributed by atoms with E-state index in [-0.39, 0.29) is 0 Å². The Morgan fingerprint density at radius 1 is 1.04 bits per heavy atom. The summed E-state index contributed by atoms with van der Waals surface area (Å²) in [6.07, 6.45) is 2.48. The molecule has 2 aromatic rings. The quantitative estimate of drug-likeness (QED) is 0.267. The number of hydrogen-bond acceptors (Lipinski definition) is 5. The van der Waals surface area contributed by atoms with Crippen molar-refractivity contribution in [1.82, 2.24) is 0 Å². The first-order valence-electron chi connectivity index (χ1n) is 8.28. The smallest absolute Gasteiger partial charge is 0.437 e. The second-order valence-corrected chi connectivity index (χ2v) is 6.32. The number of benzene rings is 2. The maximum atomic E-state index is 12.2. The van der Waals surface area contributed by atoms with Crippen LogP contribution in [-0.4, -0.2) is 19.2 Å². The zero-order chi connectivity index (χ0) is 18.8. The molecule has 5 nitrogen and oxygen atoms in total. The molecule has 0 aromatic heterocycles. The zero-order valence-electron chi connectivity index (χ0n) is 15.0. The molecular formula is C21H20O5. The molecule has 0 heterocycles. The number of carbonyl (C=O) groups excluding carboxylic acids is 2. The van der Waals surface area contributed by atoms with Gasteiger partial charge in [-0.1, -0.05) is 42.5 Å². The summed E-state index contributed by atoms with van der Waals surface area (Å²) in [6.45, 7) is 7.28. The third kappa shape index (κ3) is 3.20. The van der Waals surface area contributed by atoms with E-state index >= 15 is 0 Å². The first kappa shape index (κ1) is 17.7. The molecule has 5 heteroatoms. The predicted molar refractivity (Wildman–Crippen MR) is 98.6 cm³/mol. The minimum absolute atomic E-state index is 0.320. The van der Waals surface area contributed by atoms with Crippen LogP contribution in [-0.2, 0) is 22.4 Å². The monoisotopic (exact) mass is 352 g/mol. The number of carbonyl (C=O) groups is 2. The molecule has 0 atom stereocenters. The molecule has 1 aliphatic rings. The van der Waals surface area contributed by atoms with Gasteiger partial charge in [-0.15, -0.1) is 0 Å². The molecule has 0 fully saturated rings. The van der Waals surface area contributed by atoms with Crippen molar-refractivity contribution in [3.05, 3.63) is 59.2 Å². The largest absolute Gasteiger partial charge is 0.513 e. The van der Waals surface area contributed by atoms with Crippen molar-refractivity contribution in [2.45, 2.75) is 26.7 Å². The summed E-state index contributed by atoms with van der Waals surface area (Å²) >= 11 is 0. The highest BCUT2D eigenvalue weighted by molar-refractivity contribution is 6.00. The lowest BCUT2D eigenvalue weighted by Crippen LogP contribution is -2.16. The fourth-order valence-electron chi connectivity index (χ4n) is 3.05. The summed E-state index contributed by atoms with van der Waals surface area (Å²) in [6, 6.07) is 7.36. The highest BCUT2D eigenvalue weighted by Gasteiger charge is 2.26. The van der Waals surface area contributed by atoms with Gasteiger partial charge in [0.1, 0.15) is 11.5 Å². The van der Waals surface area contributed by atoms with Crippen LogP contribution in [0.5, 0.6) is 11.5 Å². The summed E-state index contributed by atoms with van der Waals surface area (Å²) in [5.41, 5.74) is 3.15. The van der Waals surface area contributed by atoms with E-state index in [1.165, 1.54) is 7.11 Å². The lowest BCUT2D eigenvalue weighted by molar-refractivity contribution is -0.130. The van der Waals surface area contributed by atoms with E-state index < -0.39 is 12.1 Å². The van der Waals surface area contributed by atoms with Crippen molar-refractivity contribution < 1.29 is 23.8 Å². The molecule has 0 N–H and O–H groups in total. The van der Waals surface area contributed by atoms with Crippen molar-refractivity contribution in [3.63, 3.8) is 0 Å². The number of ether oxygens (including phenoxy) is 3. The average Bonchev–Trinajstić information content (AvgIpc) is 2.63. The Morgan fingerprint density at radius 3 is 2.23 bits per heavy atom. The number of fused-ring (bicyclic) bond motifs is 2. The minimum Gasteiger partial charge on any atom is -0.437 e. The second-order valence-electron chi connectivity index (χ2n) is 6.32. The standard InChI is InChI=1S/C21H20O5/c1-12(2)20(22)25-19-15-8-6-5-7-14(15)18(26-21(23)24-4)16-10-9-13(3)11-17(16)19/h5-9H,1,10-11H2,2-4H3. The van der Waals surface area contributed by atoms with Crippen molar-refractivity contribution >= 4 is 22.9 Å². The zero-order valence-corrected chi connectivity index (χ0v) is 15.0. The Hall–Kier alpha value is -3.08. The summed E-state index contributed by atoms with van der Waals surface area (Å²) < 4.78 is 15.8. The molecule has 0 radical (unpaired) electrons. The van der Waals surface area contributed by atoms with Gasteiger partial charge in [0.15, 0.2) is 0 Å². The van der Waals surface area contributed by atoms with Gasteiger partial charge in [-0.25, -0.2) is 9.59 Å². The molecule has 0 amide bonds. The lowest BCUT2D eigenvalue weighted by Gasteiger charge is -2.23. The normalized spacial score (nSPS) is 12.8. The van der Waals surface area contributed by atoms with Gasteiger partial charge in [0.25, 0.3) is 0 Å². The number of allylic oxidation sites excluding steroid dienone is 2. The first-order valence-corrected chi connectivity index (χ1v) is 8.28. The second kappa shape index (κ2) is 7.04. The molecule has 2 aromatic carbocycles. The van der Waals surface area contributed by atoms with Crippen molar-refractivity contribution in [2.24, 2.45) is 0 Å². The van der Waals surface area contributed by atoms with Gasteiger partial charge in [0.2, 0.25) is 0 Å². The molecule has 0 saturated heterocycles. The molecule has 0 saturated carbocycles. The van der Waals surface area contributed by atoms with Crippen molar-refractivity contribution in [1.29, 1.82) is 0 Å². The van der Waals surface area contributed by atoms with E-state index in [0.29, 0.717) is 40.7 Å². The topological polar surface area (TPSA) is 61.8 Å². The first-order chi connectivity index (χ1) is 12.4. The van der Waals surface area contributed by atoms with Crippen LogP contribution in [0.4, 0.5) is 4.79 Å². The Morgan fingerprint density at radius 2 is 1.65 bits per heavy atom. The maximum absolute atomic E-state index is 12.2. The minimum atomic E-state index is -0.782.